The third-order valence-corrected chi connectivity index (χ3v) is 4.79. The number of ether oxygens (including phenoxy) is 2. The molecule has 7 nitrogen and oxygen atoms in total. The summed E-state index contributed by atoms with van der Waals surface area (Å²) in [5, 5.41) is 11.8. The summed E-state index contributed by atoms with van der Waals surface area (Å²) < 4.78 is 12.7. The number of nitrogens with zero attached hydrogens (tertiary/aromatic N) is 3. The number of hydrogen-bond acceptors (Lipinski definition) is 5. The number of rotatable bonds is 6. The predicted octanol–water partition coefficient (Wildman–Crippen LogP) is 4.21. The standard InChI is InChI=1S/C24H20N4O3/c1-16-4-3-11-28-14-20(27-24(16)28)18-6-8-19(9-7-18)26-23(29)15-31-21-10-5-17(13-25)12-22(21)30-2/h3-12,14H,15H2,1-2H3,(H,26,29). The van der Waals surface area contributed by atoms with E-state index in [-0.39, 0.29) is 12.5 Å². The van der Waals surface area contributed by atoms with Crippen molar-refractivity contribution in [2.24, 2.45) is 0 Å². The lowest BCUT2D eigenvalue weighted by molar-refractivity contribution is -0.118. The first kappa shape index (κ1) is 20.0. The van der Waals surface area contributed by atoms with Gasteiger partial charge in [-0.05, 0) is 42.8 Å². The fraction of sp³-hybridized carbons (Fsp3) is 0.125. The lowest BCUT2D eigenvalue weighted by atomic mass is 10.1. The van der Waals surface area contributed by atoms with E-state index in [0.717, 1.165) is 22.5 Å². The van der Waals surface area contributed by atoms with E-state index in [1.807, 2.05) is 66.2 Å². The Kier molecular flexibility index (Phi) is 5.54. The number of aryl methyl sites for hydroxylation is 1. The molecule has 4 aromatic rings. The number of carbonyl (C=O) groups is 1. The summed E-state index contributed by atoms with van der Waals surface area (Å²) in [7, 11) is 1.48. The molecule has 1 N–H and O–H groups in total. The highest BCUT2D eigenvalue weighted by Crippen LogP contribution is 2.28. The van der Waals surface area contributed by atoms with Crippen LogP contribution in [0.3, 0.4) is 0 Å². The van der Waals surface area contributed by atoms with Crippen LogP contribution >= 0.6 is 0 Å². The first-order valence-corrected chi connectivity index (χ1v) is 9.63. The molecular weight excluding hydrogens is 392 g/mol. The molecule has 0 radical (unpaired) electrons. The monoisotopic (exact) mass is 412 g/mol. The molecule has 0 saturated carbocycles. The van der Waals surface area contributed by atoms with E-state index in [4.69, 9.17) is 14.7 Å². The number of fused-ring (bicyclic) bond motifs is 1. The van der Waals surface area contributed by atoms with Crippen molar-refractivity contribution in [3.63, 3.8) is 0 Å². The zero-order valence-corrected chi connectivity index (χ0v) is 17.1. The van der Waals surface area contributed by atoms with Gasteiger partial charge in [0.05, 0.1) is 24.4 Å². The molecule has 0 saturated heterocycles. The van der Waals surface area contributed by atoms with Gasteiger partial charge in [0.15, 0.2) is 18.1 Å². The van der Waals surface area contributed by atoms with E-state index in [0.29, 0.717) is 22.7 Å². The smallest absolute Gasteiger partial charge is 0.262 e. The largest absolute Gasteiger partial charge is 0.493 e. The first-order valence-electron chi connectivity index (χ1n) is 9.63. The highest BCUT2D eigenvalue weighted by atomic mass is 16.5. The maximum atomic E-state index is 12.3. The van der Waals surface area contributed by atoms with Gasteiger partial charge in [0.2, 0.25) is 0 Å². The summed E-state index contributed by atoms with van der Waals surface area (Å²) >= 11 is 0. The van der Waals surface area contributed by atoms with Crippen LogP contribution in [-0.2, 0) is 4.79 Å². The van der Waals surface area contributed by atoms with Gasteiger partial charge in [-0.3, -0.25) is 4.79 Å². The van der Waals surface area contributed by atoms with Gasteiger partial charge < -0.3 is 19.2 Å². The SMILES string of the molecule is COc1cc(C#N)ccc1OCC(=O)Nc1ccc(-c2cn3cccc(C)c3n2)cc1. The van der Waals surface area contributed by atoms with Gasteiger partial charge in [-0.2, -0.15) is 5.26 Å². The van der Waals surface area contributed by atoms with Crippen LogP contribution in [0, 0.1) is 18.3 Å². The third-order valence-electron chi connectivity index (χ3n) is 4.79. The van der Waals surface area contributed by atoms with E-state index in [1.54, 1.807) is 18.2 Å². The zero-order chi connectivity index (χ0) is 21.8. The maximum absolute atomic E-state index is 12.3. The number of imidazole rings is 1. The van der Waals surface area contributed by atoms with Crippen molar-refractivity contribution >= 4 is 17.2 Å². The topological polar surface area (TPSA) is 88.6 Å². The molecule has 7 heteroatoms. The van der Waals surface area contributed by atoms with Crippen molar-refractivity contribution in [3.05, 3.63) is 78.1 Å². The molecule has 0 spiro atoms. The predicted molar refractivity (Wildman–Crippen MR) is 117 cm³/mol. The fourth-order valence-corrected chi connectivity index (χ4v) is 3.21. The Hall–Kier alpha value is -4.31. The Labute approximate surface area is 179 Å². The summed E-state index contributed by atoms with van der Waals surface area (Å²) in [6.07, 6.45) is 3.95. The molecule has 0 bridgehead atoms. The number of aromatic nitrogens is 2. The molecule has 4 rings (SSSR count). The number of benzene rings is 2. The van der Waals surface area contributed by atoms with Crippen molar-refractivity contribution < 1.29 is 14.3 Å². The molecule has 0 unspecified atom stereocenters. The van der Waals surface area contributed by atoms with Crippen molar-refractivity contribution in [1.29, 1.82) is 5.26 Å². The van der Waals surface area contributed by atoms with Crippen LogP contribution in [0.5, 0.6) is 11.5 Å². The van der Waals surface area contributed by atoms with Crippen LogP contribution in [-0.4, -0.2) is 29.0 Å². The van der Waals surface area contributed by atoms with Gasteiger partial charge in [-0.1, -0.05) is 18.2 Å². The molecule has 1 amide bonds. The number of hydrogen-bond donors (Lipinski definition) is 1. The van der Waals surface area contributed by atoms with Crippen molar-refractivity contribution in [1.82, 2.24) is 9.38 Å². The number of anilines is 1. The lowest BCUT2D eigenvalue weighted by Crippen LogP contribution is -2.20. The van der Waals surface area contributed by atoms with Gasteiger partial charge in [-0.15, -0.1) is 0 Å². The average Bonchev–Trinajstić information content (AvgIpc) is 3.24. The number of methoxy groups -OCH3 is 1. The quantitative estimate of drug-likeness (QED) is 0.513. The maximum Gasteiger partial charge on any atom is 0.262 e. The Bertz CT molecular complexity index is 1290. The van der Waals surface area contributed by atoms with E-state index in [1.165, 1.54) is 7.11 Å². The molecule has 0 aliphatic rings. The number of nitrogens with one attached hydrogen (secondary N) is 1. The molecule has 0 fully saturated rings. The van der Waals surface area contributed by atoms with Crippen molar-refractivity contribution in [3.8, 4) is 28.8 Å². The Balaban J connectivity index is 1.40. The highest BCUT2D eigenvalue weighted by molar-refractivity contribution is 5.92. The first-order chi connectivity index (χ1) is 15.1. The number of pyridine rings is 1. The second-order valence-electron chi connectivity index (χ2n) is 6.94. The lowest BCUT2D eigenvalue weighted by Gasteiger charge is -2.11. The van der Waals surface area contributed by atoms with Crippen LogP contribution in [0.1, 0.15) is 11.1 Å². The molecule has 0 aliphatic carbocycles. The fourth-order valence-electron chi connectivity index (χ4n) is 3.21. The number of carbonyl (C=O) groups excluding carboxylic acids is 1. The van der Waals surface area contributed by atoms with Crippen LogP contribution in [0.4, 0.5) is 5.69 Å². The number of nitriles is 1. The second kappa shape index (κ2) is 8.59. The molecular formula is C24H20N4O3. The van der Waals surface area contributed by atoms with E-state index in [2.05, 4.69) is 10.3 Å². The summed E-state index contributed by atoms with van der Waals surface area (Å²) in [4.78, 5) is 17.0. The Morgan fingerprint density at radius 3 is 2.68 bits per heavy atom. The van der Waals surface area contributed by atoms with Crippen LogP contribution < -0.4 is 14.8 Å². The second-order valence-corrected chi connectivity index (χ2v) is 6.94. The molecule has 2 heterocycles. The van der Waals surface area contributed by atoms with Crippen molar-refractivity contribution in [2.45, 2.75) is 6.92 Å². The van der Waals surface area contributed by atoms with Crippen LogP contribution in [0.15, 0.2) is 67.0 Å². The zero-order valence-electron chi connectivity index (χ0n) is 17.1. The third kappa shape index (κ3) is 4.33. The molecule has 2 aromatic carbocycles. The van der Waals surface area contributed by atoms with Crippen LogP contribution in [0.25, 0.3) is 16.9 Å². The highest BCUT2D eigenvalue weighted by Gasteiger charge is 2.10. The minimum atomic E-state index is -0.303. The van der Waals surface area contributed by atoms with Gasteiger partial charge >= 0.3 is 0 Å². The molecule has 154 valence electrons. The van der Waals surface area contributed by atoms with E-state index in [9.17, 15) is 4.79 Å². The molecule has 0 aliphatic heterocycles. The average molecular weight is 412 g/mol. The Morgan fingerprint density at radius 2 is 1.97 bits per heavy atom. The summed E-state index contributed by atoms with van der Waals surface area (Å²) in [6.45, 7) is 1.84. The van der Waals surface area contributed by atoms with Crippen molar-refractivity contribution in [2.75, 3.05) is 19.0 Å². The number of amides is 1. The van der Waals surface area contributed by atoms with Gasteiger partial charge in [-0.25, -0.2) is 4.98 Å². The summed E-state index contributed by atoms with van der Waals surface area (Å²) in [5.74, 6) is 0.496. The summed E-state index contributed by atoms with van der Waals surface area (Å²) in [5.41, 5.74) is 4.96. The Morgan fingerprint density at radius 1 is 1.16 bits per heavy atom. The van der Waals surface area contributed by atoms with Gasteiger partial charge in [0.1, 0.15) is 5.65 Å². The van der Waals surface area contributed by atoms with E-state index >= 15 is 0 Å². The molecule has 2 aromatic heterocycles. The van der Waals surface area contributed by atoms with Gasteiger partial charge in [0.25, 0.3) is 5.91 Å². The summed E-state index contributed by atoms with van der Waals surface area (Å²) in [6, 6.07) is 18.3. The minimum Gasteiger partial charge on any atom is -0.493 e. The van der Waals surface area contributed by atoms with E-state index < -0.39 is 0 Å². The normalized spacial score (nSPS) is 10.5. The minimum absolute atomic E-state index is 0.185. The molecule has 31 heavy (non-hydrogen) atoms. The van der Waals surface area contributed by atoms with Crippen LogP contribution in [0.2, 0.25) is 0 Å². The van der Waals surface area contributed by atoms with Gasteiger partial charge in [0, 0.05) is 29.7 Å². The molecule has 0 atom stereocenters.